The second-order valence-corrected chi connectivity index (χ2v) is 13.1. The van der Waals surface area contributed by atoms with Crippen LogP contribution in [0.3, 0.4) is 0 Å². The van der Waals surface area contributed by atoms with Crippen LogP contribution in [-0.4, -0.2) is 37.7 Å². The number of urea groups is 1. The van der Waals surface area contributed by atoms with Crippen molar-refractivity contribution in [2.45, 2.75) is 68.0 Å². The van der Waals surface area contributed by atoms with E-state index < -0.39 is 6.10 Å². The van der Waals surface area contributed by atoms with Crippen LogP contribution in [0.5, 0.6) is 0 Å². The van der Waals surface area contributed by atoms with Crippen molar-refractivity contribution >= 4 is 22.0 Å². The highest BCUT2D eigenvalue weighted by molar-refractivity contribution is 9.09. The number of carbonyl (C=O) groups excluding carboxylic acids is 1. The van der Waals surface area contributed by atoms with E-state index in [0.29, 0.717) is 34.6 Å². The summed E-state index contributed by atoms with van der Waals surface area (Å²) in [5, 5.41) is 18.1. The monoisotopic (exact) mass is 566 g/mol. The minimum Gasteiger partial charge on any atom is -0.392 e. The second kappa shape index (κ2) is 8.80. The number of halogens is 2. The Kier molecular flexibility index (Phi) is 5.63. The predicted molar refractivity (Wildman–Crippen MR) is 142 cm³/mol. The lowest BCUT2D eigenvalue weighted by atomic mass is 9.46. The quantitative estimate of drug-likeness (QED) is 0.421. The van der Waals surface area contributed by atoms with Crippen molar-refractivity contribution in [1.29, 1.82) is 0 Å². The summed E-state index contributed by atoms with van der Waals surface area (Å²) in [6.07, 6.45) is 15.5. The minimum atomic E-state index is -0.532. The average Bonchev–Trinajstić information content (AvgIpc) is 3.46. The van der Waals surface area contributed by atoms with Crippen LogP contribution in [0.15, 0.2) is 54.6 Å². The molecule has 4 saturated carbocycles. The molecule has 194 valence electrons. The van der Waals surface area contributed by atoms with Gasteiger partial charge in [0.25, 0.3) is 0 Å². The van der Waals surface area contributed by atoms with E-state index in [-0.39, 0.29) is 29.3 Å². The van der Waals surface area contributed by atoms with Crippen LogP contribution in [0.25, 0.3) is 11.3 Å². The maximum Gasteiger partial charge on any atom is 0.319 e. The van der Waals surface area contributed by atoms with Crippen LogP contribution >= 0.6 is 15.9 Å². The molecule has 2 heterocycles. The highest BCUT2D eigenvalue weighted by atomic mass is 79.9. The number of aromatic nitrogens is 2. The smallest absolute Gasteiger partial charge is 0.319 e. The SMILES string of the molecule is O=C(NC1=CCC(Br)C=C1)NC1C2CC3CC1CC(C(O)CC1c4c(F)cccc4-c4cncn41)(C3)C2. The largest absolute Gasteiger partial charge is 0.392 e. The number of nitrogens with zero attached hydrogens (tertiary/aromatic N) is 2. The van der Waals surface area contributed by atoms with E-state index >= 15 is 0 Å². The molecule has 0 spiro atoms. The van der Waals surface area contributed by atoms with Gasteiger partial charge in [0.1, 0.15) is 5.82 Å². The molecule has 0 saturated heterocycles. The summed E-state index contributed by atoms with van der Waals surface area (Å²) < 4.78 is 17.0. The van der Waals surface area contributed by atoms with Gasteiger partial charge >= 0.3 is 6.03 Å². The molecule has 2 aromatic rings. The van der Waals surface area contributed by atoms with E-state index in [1.54, 1.807) is 18.6 Å². The number of rotatable bonds is 5. The number of allylic oxidation sites excluding steroid dienone is 3. The molecule has 5 aliphatic carbocycles. The van der Waals surface area contributed by atoms with Gasteiger partial charge in [0.15, 0.2) is 0 Å². The molecule has 4 bridgehead atoms. The maximum atomic E-state index is 15.0. The van der Waals surface area contributed by atoms with Crippen LogP contribution in [0, 0.1) is 29.0 Å². The van der Waals surface area contributed by atoms with E-state index in [0.717, 1.165) is 55.5 Å². The molecule has 5 unspecified atom stereocenters. The lowest BCUT2D eigenvalue weighted by Gasteiger charge is -2.61. The zero-order valence-electron chi connectivity index (χ0n) is 20.6. The number of fused-ring (bicyclic) bond motifs is 3. The standard InChI is InChI=1S/C29H32BrFN4O2/c30-19-4-6-20(7-5-19)33-28(37)34-27-17-8-16-9-18(27)13-29(11-16,12-17)25(36)10-23-26-21(2-1-3-22(26)31)24-14-32-15-35(23)24/h1-4,6-7,14-19,23,25,27,36H,5,8-13H2,(H2,33,34,37). The highest BCUT2D eigenvalue weighted by Crippen LogP contribution is 2.62. The van der Waals surface area contributed by atoms with Crippen LogP contribution < -0.4 is 10.6 Å². The minimum absolute atomic E-state index is 0.137. The normalized spacial score (nSPS) is 35.6. The summed E-state index contributed by atoms with van der Waals surface area (Å²) >= 11 is 3.56. The summed E-state index contributed by atoms with van der Waals surface area (Å²) in [6.45, 7) is 0. The summed E-state index contributed by atoms with van der Waals surface area (Å²) in [5.74, 6) is 1.11. The van der Waals surface area contributed by atoms with Crippen LogP contribution in [-0.2, 0) is 0 Å². The zero-order chi connectivity index (χ0) is 25.3. The third-order valence-corrected chi connectivity index (χ3v) is 10.4. The van der Waals surface area contributed by atoms with Gasteiger partial charge in [-0.3, -0.25) is 0 Å². The Morgan fingerprint density at radius 2 is 2.08 bits per heavy atom. The predicted octanol–water partition coefficient (Wildman–Crippen LogP) is 5.44. The fourth-order valence-corrected chi connectivity index (χ4v) is 8.77. The van der Waals surface area contributed by atoms with Gasteiger partial charge < -0.3 is 20.3 Å². The van der Waals surface area contributed by atoms with E-state index in [1.807, 2.05) is 28.9 Å². The number of amides is 2. The van der Waals surface area contributed by atoms with Gasteiger partial charge in [-0.2, -0.15) is 0 Å². The Labute approximate surface area is 224 Å². The lowest BCUT2D eigenvalue weighted by molar-refractivity contribution is -0.135. The van der Waals surface area contributed by atoms with Gasteiger partial charge in [-0.1, -0.05) is 40.2 Å². The first-order valence-electron chi connectivity index (χ1n) is 13.5. The second-order valence-electron chi connectivity index (χ2n) is 11.9. The number of alkyl halides is 1. The molecule has 3 N–H and O–H groups in total. The Morgan fingerprint density at radius 3 is 2.84 bits per heavy atom. The van der Waals surface area contributed by atoms with E-state index in [9.17, 15) is 14.3 Å². The van der Waals surface area contributed by atoms with Crippen molar-refractivity contribution in [3.8, 4) is 11.3 Å². The summed E-state index contributed by atoms with van der Waals surface area (Å²) in [5.41, 5.74) is 3.15. The molecular weight excluding hydrogens is 535 g/mol. The zero-order valence-corrected chi connectivity index (χ0v) is 22.2. The van der Waals surface area contributed by atoms with E-state index in [4.69, 9.17) is 0 Å². The van der Waals surface area contributed by atoms with Crippen molar-refractivity contribution in [1.82, 2.24) is 20.2 Å². The van der Waals surface area contributed by atoms with E-state index in [1.165, 1.54) is 6.07 Å². The summed E-state index contributed by atoms with van der Waals surface area (Å²) in [7, 11) is 0. The first-order chi connectivity index (χ1) is 17.9. The maximum absolute atomic E-state index is 15.0. The lowest BCUT2D eigenvalue weighted by Crippen LogP contribution is -2.62. The fraction of sp³-hybridized carbons (Fsp3) is 0.517. The van der Waals surface area contributed by atoms with Crippen molar-refractivity contribution < 1.29 is 14.3 Å². The molecule has 1 aromatic heterocycles. The highest BCUT2D eigenvalue weighted by Gasteiger charge is 2.58. The molecule has 5 atom stereocenters. The number of carbonyl (C=O) groups is 1. The topological polar surface area (TPSA) is 79.2 Å². The fourth-order valence-electron chi connectivity index (χ4n) is 8.43. The molecule has 0 radical (unpaired) electrons. The van der Waals surface area contributed by atoms with Crippen molar-refractivity contribution in [3.05, 3.63) is 66.0 Å². The number of hydrogen-bond acceptors (Lipinski definition) is 3. The number of benzene rings is 1. The Balaban J connectivity index is 1.07. The first kappa shape index (κ1) is 23.7. The number of aliphatic hydroxyl groups is 1. The van der Waals surface area contributed by atoms with Gasteiger partial charge in [0.2, 0.25) is 0 Å². The van der Waals surface area contributed by atoms with Crippen LogP contribution in [0.1, 0.15) is 56.6 Å². The summed E-state index contributed by atoms with van der Waals surface area (Å²) in [4.78, 5) is 17.5. The first-order valence-corrected chi connectivity index (χ1v) is 14.4. The summed E-state index contributed by atoms with van der Waals surface area (Å²) in [6, 6.07) is 4.96. The number of imidazole rings is 1. The Hall–Kier alpha value is -2.45. The molecule has 6 nitrogen and oxygen atoms in total. The number of nitrogens with one attached hydrogen (secondary N) is 2. The average molecular weight is 568 g/mol. The molecule has 8 heteroatoms. The number of hydrogen-bond donors (Lipinski definition) is 3. The molecular formula is C29H32BrFN4O2. The van der Waals surface area contributed by atoms with Gasteiger partial charge in [0.05, 0.1) is 30.4 Å². The third kappa shape index (κ3) is 3.90. The van der Waals surface area contributed by atoms with Crippen LogP contribution in [0.2, 0.25) is 0 Å². The van der Waals surface area contributed by atoms with Crippen molar-refractivity contribution in [2.24, 2.45) is 23.2 Å². The van der Waals surface area contributed by atoms with Crippen LogP contribution in [0.4, 0.5) is 9.18 Å². The number of aliphatic hydroxyl groups excluding tert-OH is 1. The molecule has 8 rings (SSSR count). The molecule has 37 heavy (non-hydrogen) atoms. The van der Waals surface area contributed by atoms with Crippen molar-refractivity contribution in [2.75, 3.05) is 0 Å². The molecule has 1 aromatic carbocycles. The third-order valence-electron chi connectivity index (χ3n) is 9.74. The molecule has 2 amide bonds. The van der Waals surface area contributed by atoms with Gasteiger partial charge in [-0.25, -0.2) is 14.2 Å². The van der Waals surface area contributed by atoms with Crippen molar-refractivity contribution in [3.63, 3.8) is 0 Å². The van der Waals surface area contributed by atoms with E-state index in [2.05, 4.69) is 31.5 Å². The van der Waals surface area contributed by atoms with Gasteiger partial charge in [-0.05, 0) is 80.3 Å². The Bertz CT molecular complexity index is 1290. The molecule has 4 fully saturated rings. The van der Waals surface area contributed by atoms with Gasteiger partial charge in [0, 0.05) is 27.7 Å². The Morgan fingerprint density at radius 1 is 1.27 bits per heavy atom. The van der Waals surface area contributed by atoms with Gasteiger partial charge in [-0.15, -0.1) is 0 Å². The molecule has 6 aliphatic rings. The molecule has 1 aliphatic heterocycles.